The Morgan fingerprint density at radius 1 is 1.20 bits per heavy atom. The monoisotopic (exact) mass is 364 g/mol. The second-order valence-electron chi connectivity index (χ2n) is 5.31. The molecule has 6 nitrogen and oxygen atoms in total. The molecule has 7 heteroatoms. The van der Waals surface area contributed by atoms with Gasteiger partial charge in [-0.2, -0.15) is 0 Å². The van der Waals surface area contributed by atoms with E-state index >= 15 is 0 Å². The van der Waals surface area contributed by atoms with E-state index in [9.17, 15) is 4.79 Å². The zero-order valence-electron chi connectivity index (χ0n) is 14.4. The van der Waals surface area contributed by atoms with Crippen LogP contribution in [0, 0.1) is 0 Å². The number of amides is 1. The predicted octanol–water partition coefficient (Wildman–Crippen LogP) is 3.26. The molecule has 0 bridgehead atoms. The third kappa shape index (κ3) is 5.34. The molecule has 0 saturated carbocycles. The number of ether oxygens (including phenoxy) is 3. The number of benzene rings is 1. The Hall–Kier alpha value is -2.31. The van der Waals surface area contributed by atoms with Crippen molar-refractivity contribution in [3.63, 3.8) is 0 Å². The summed E-state index contributed by atoms with van der Waals surface area (Å²) < 4.78 is 15.9. The van der Waals surface area contributed by atoms with Gasteiger partial charge in [0.2, 0.25) is 0 Å². The van der Waals surface area contributed by atoms with Crippen LogP contribution in [0.15, 0.2) is 36.5 Å². The van der Waals surface area contributed by atoms with E-state index in [1.807, 2.05) is 25.1 Å². The van der Waals surface area contributed by atoms with Crippen molar-refractivity contribution < 1.29 is 19.0 Å². The lowest BCUT2D eigenvalue weighted by molar-refractivity contribution is 0.0939. The van der Waals surface area contributed by atoms with Crippen LogP contribution in [-0.2, 0) is 4.74 Å². The van der Waals surface area contributed by atoms with Crippen LogP contribution < -0.4 is 14.8 Å². The van der Waals surface area contributed by atoms with Crippen molar-refractivity contribution in [2.24, 2.45) is 0 Å². The fraction of sp³-hybridized carbons (Fsp3) is 0.333. The lowest BCUT2D eigenvalue weighted by Crippen LogP contribution is -2.26. The van der Waals surface area contributed by atoms with Crippen LogP contribution in [0.2, 0.25) is 5.15 Å². The summed E-state index contributed by atoms with van der Waals surface area (Å²) in [6.07, 6.45) is 1.50. The molecule has 0 aliphatic carbocycles. The maximum absolute atomic E-state index is 12.3. The van der Waals surface area contributed by atoms with E-state index in [-0.39, 0.29) is 17.1 Å². The number of rotatable bonds is 8. The Balaban J connectivity index is 2.08. The molecule has 1 N–H and O–H groups in total. The van der Waals surface area contributed by atoms with Gasteiger partial charge in [-0.15, -0.1) is 0 Å². The largest absolute Gasteiger partial charge is 0.493 e. The second-order valence-corrected chi connectivity index (χ2v) is 5.70. The highest BCUT2D eigenvalue weighted by Crippen LogP contribution is 2.30. The number of halogens is 1. The standard InChI is InChI=1S/C18H21ClN2O4/c1-12(21-18(22)14-6-7-20-17(19)11-14)13-4-5-15(16(10-13)24-3)25-9-8-23-2/h4-7,10-12H,8-9H2,1-3H3,(H,21,22). The SMILES string of the molecule is COCCOc1ccc(C(C)NC(=O)c2ccnc(Cl)c2)cc1OC. The zero-order valence-corrected chi connectivity index (χ0v) is 15.2. The van der Waals surface area contributed by atoms with Crippen LogP contribution in [0.4, 0.5) is 0 Å². The van der Waals surface area contributed by atoms with Crippen LogP contribution >= 0.6 is 11.6 Å². The van der Waals surface area contributed by atoms with Gasteiger partial charge in [0.1, 0.15) is 11.8 Å². The number of nitrogens with one attached hydrogen (secondary N) is 1. The predicted molar refractivity (Wildman–Crippen MR) is 95.5 cm³/mol. The molecule has 0 aliphatic heterocycles. The lowest BCUT2D eigenvalue weighted by atomic mass is 10.1. The van der Waals surface area contributed by atoms with E-state index in [4.69, 9.17) is 25.8 Å². The molecule has 134 valence electrons. The molecule has 1 unspecified atom stereocenters. The van der Waals surface area contributed by atoms with Crippen molar-refractivity contribution in [3.8, 4) is 11.5 Å². The third-order valence-electron chi connectivity index (χ3n) is 3.57. The number of pyridine rings is 1. The molecule has 0 radical (unpaired) electrons. The summed E-state index contributed by atoms with van der Waals surface area (Å²) in [4.78, 5) is 16.2. The fourth-order valence-electron chi connectivity index (χ4n) is 2.21. The van der Waals surface area contributed by atoms with Gasteiger partial charge in [0.05, 0.1) is 19.8 Å². The van der Waals surface area contributed by atoms with E-state index in [1.54, 1.807) is 20.3 Å². The Labute approximate surface area is 152 Å². The second kappa shape index (κ2) is 9.25. The molecule has 0 spiro atoms. The molecule has 0 saturated heterocycles. The van der Waals surface area contributed by atoms with Crippen molar-refractivity contribution in [2.75, 3.05) is 27.4 Å². The Morgan fingerprint density at radius 2 is 2.00 bits per heavy atom. The lowest BCUT2D eigenvalue weighted by Gasteiger charge is -2.17. The van der Waals surface area contributed by atoms with Crippen LogP contribution in [0.3, 0.4) is 0 Å². The van der Waals surface area contributed by atoms with Gasteiger partial charge in [-0.3, -0.25) is 4.79 Å². The molecule has 2 rings (SSSR count). The summed E-state index contributed by atoms with van der Waals surface area (Å²) in [6.45, 7) is 2.81. The first-order valence-corrected chi connectivity index (χ1v) is 8.15. The molecule has 1 heterocycles. The minimum atomic E-state index is -0.226. The van der Waals surface area contributed by atoms with Crippen molar-refractivity contribution in [3.05, 3.63) is 52.8 Å². The molecule has 2 aromatic rings. The van der Waals surface area contributed by atoms with Gasteiger partial charge in [-0.25, -0.2) is 4.98 Å². The van der Waals surface area contributed by atoms with E-state index in [1.165, 1.54) is 12.3 Å². The third-order valence-corrected chi connectivity index (χ3v) is 3.78. The van der Waals surface area contributed by atoms with Crippen molar-refractivity contribution >= 4 is 17.5 Å². The number of hydrogen-bond acceptors (Lipinski definition) is 5. The van der Waals surface area contributed by atoms with E-state index in [2.05, 4.69) is 10.3 Å². The van der Waals surface area contributed by atoms with Crippen molar-refractivity contribution in [1.82, 2.24) is 10.3 Å². The minimum absolute atomic E-state index is 0.221. The van der Waals surface area contributed by atoms with Crippen molar-refractivity contribution in [2.45, 2.75) is 13.0 Å². The number of methoxy groups -OCH3 is 2. The molecular formula is C18H21ClN2O4. The molecule has 1 aromatic heterocycles. The van der Waals surface area contributed by atoms with Crippen LogP contribution in [0.1, 0.15) is 28.9 Å². The fourth-order valence-corrected chi connectivity index (χ4v) is 2.39. The number of nitrogens with zero attached hydrogens (tertiary/aromatic N) is 1. The Morgan fingerprint density at radius 3 is 2.68 bits per heavy atom. The van der Waals surface area contributed by atoms with Gasteiger partial charge in [0.25, 0.3) is 5.91 Å². The smallest absolute Gasteiger partial charge is 0.251 e. The highest BCUT2D eigenvalue weighted by molar-refractivity contribution is 6.29. The molecule has 25 heavy (non-hydrogen) atoms. The molecule has 1 amide bonds. The molecule has 1 aromatic carbocycles. The van der Waals surface area contributed by atoms with Gasteiger partial charge in [-0.05, 0) is 36.8 Å². The van der Waals surface area contributed by atoms with Crippen molar-refractivity contribution in [1.29, 1.82) is 0 Å². The number of aromatic nitrogens is 1. The molecular weight excluding hydrogens is 344 g/mol. The average Bonchev–Trinajstić information content (AvgIpc) is 2.62. The highest BCUT2D eigenvalue weighted by atomic mass is 35.5. The molecule has 0 fully saturated rings. The van der Waals surface area contributed by atoms with Crippen LogP contribution in [0.5, 0.6) is 11.5 Å². The van der Waals surface area contributed by atoms with E-state index < -0.39 is 0 Å². The topological polar surface area (TPSA) is 69.7 Å². The quantitative estimate of drug-likeness (QED) is 0.575. The maximum Gasteiger partial charge on any atom is 0.251 e. The summed E-state index contributed by atoms with van der Waals surface area (Å²) in [6, 6.07) is 8.46. The number of carbonyl (C=O) groups is 1. The Kier molecular flexibility index (Phi) is 7.03. The summed E-state index contributed by atoms with van der Waals surface area (Å²) in [7, 11) is 3.19. The summed E-state index contributed by atoms with van der Waals surface area (Å²) in [5, 5.41) is 3.20. The summed E-state index contributed by atoms with van der Waals surface area (Å²) in [5.41, 5.74) is 1.35. The first-order valence-electron chi connectivity index (χ1n) is 7.77. The Bertz CT molecular complexity index is 724. The van der Waals surface area contributed by atoms with Crippen LogP contribution in [-0.4, -0.2) is 38.3 Å². The van der Waals surface area contributed by atoms with Gasteiger partial charge >= 0.3 is 0 Å². The van der Waals surface area contributed by atoms with Crippen LogP contribution in [0.25, 0.3) is 0 Å². The normalized spacial score (nSPS) is 11.7. The van der Waals surface area contributed by atoms with Gasteiger partial charge in [0.15, 0.2) is 11.5 Å². The van der Waals surface area contributed by atoms with E-state index in [0.29, 0.717) is 30.3 Å². The zero-order chi connectivity index (χ0) is 18.2. The maximum atomic E-state index is 12.3. The van der Waals surface area contributed by atoms with Gasteiger partial charge in [-0.1, -0.05) is 17.7 Å². The number of hydrogen-bond donors (Lipinski definition) is 1. The first-order chi connectivity index (χ1) is 12.0. The first kappa shape index (κ1) is 19.0. The average molecular weight is 365 g/mol. The highest BCUT2D eigenvalue weighted by Gasteiger charge is 2.14. The van der Waals surface area contributed by atoms with E-state index in [0.717, 1.165) is 5.56 Å². The summed E-state index contributed by atoms with van der Waals surface area (Å²) >= 11 is 5.82. The molecule has 1 atom stereocenters. The van der Waals surface area contributed by atoms with Gasteiger partial charge in [0, 0.05) is 18.9 Å². The summed E-state index contributed by atoms with van der Waals surface area (Å²) in [5.74, 6) is 1.00. The van der Waals surface area contributed by atoms with Gasteiger partial charge < -0.3 is 19.5 Å². The molecule has 0 aliphatic rings. The number of carbonyl (C=O) groups excluding carboxylic acids is 1. The minimum Gasteiger partial charge on any atom is -0.493 e.